The Balaban J connectivity index is 1.54. The van der Waals surface area contributed by atoms with E-state index in [2.05, 4.69) is 10.9 Å². The second kappa shape index (κ2) is 8.83. The summed E-state index contributed by atoms with van der Waals surface area (Å²) in [6.07, 6.45) is 2.97. The number of amides is 2. The van der Waals surface area contributed by atoms with Crippen molar-refractivity contribution in [3.63, 3.8) is 0 Å². The van der Waals surface area contributed by atoms with Gasteiger partial charge in [-0.3, -0.25) is 20.4 Å². The van der Waals surface area contributed by atoms with Gasteiger partial charge in [-0.2, -0.15) is 0 Å². The lowest BCUT2D eigenvalue weighted by atomic mass is 10.0. The van der Waals surface area contributed by atoms with E-state index in [-0.39, 0.29) is 5.91 Å². The second-order valence-electron chi connectivity index (χ2n) is 5.77. The molecular weight excluding hydrogens is 360 g/mol. The van der Waals surface area contributed by atoms with Crippen LogP contribution in [-0.4, -0.2) is 11.8 Å². The molecule has 0 aliphatic carbocycles. The molecule has 2 amide bonds. The summed E-state index contributed by atoms with van der Waals surface area (Å²) in [6.45, 7) is 0. The van der Waals surface area contributed by atoms with Crippen LogP contribution in [0.4, 0.5) is 0 Å². The quantitative estimate of drug-likeness (QED) is 0.521. The fourth-order valence-electron chi connectivity index (χ4n) is 2.42. The van der Waals surface area contributed by atoms with Crippen LogP contribution in [0.25, 0.3) is 17.2 Å². The lowest BCUT2D eigenvalue weighted by Crippen LogP contribution is -2.40. The summed E-state index contributed by atoms with van der Waals surface area (Å²) in [5.41, 5.74) is 8.13. The van der Waals surface area contributed by atoms with Gasteiger partial charge in [0.15, 0.2) is 0 Å². The van der Waals surface area contributed by atoms with Gasteiger partial charge in [0.2, 0.25) is 0 Å². The molecule has 0 spiro atoms. The minimum atomic E-state index is -0.431. The van der Waals surface area contributed by atoms with Gasteiger partial charge in [-0.25, -0.2) is 0 Å². The third-order valence-corrected chi connectivity index (χ3v) is 4.10. The minimum absolute atomic E-state index is 0.386. The summed E-state index contributed by atoms with van der Waals surface area (Å²) in [7, 11) is 0. The first-order valence-corrected chi connectivity index (χ1v) is 8.69. The van der Waals surface area contributed by atoms with Crippen molar-refractivity contribution < 1.29 is 9.59 Å². The zero-order chi connectivity index (χ0) is 19.1. The van der Waals surface area contributed by atoms with Crippen LogP contribution >= 0.6 is 11.6 Å². The van der Waals surface area contributed by atoms with E-state index < -0.39 is 5.91 Å². The van der Waals surface area contributed by atoms with Gasteiger partial charge in [-0.15, -0.1) is 0 Å². The first-order valence-electron chi connectivity index (χ1n) is 8.31. The van der Waals surface area contributed by atoms with Crippen molar-refractivity contribution in [1.82, 2.24) is 10.9 Å². The van der Waals surface area contributed by atoms with Crippen LogP contribution in [0.5, 0.6) is 0 Å². The maximum Gasteiger partial charge on any atom is 0.269 e. The zero-order valence-corrected chi connectivity index (χ0v) is 15.1. The standard InChI is InChI=1S/C22H17ClN2O2/c23-20-13-6-16(7-14-20)8-15-21(26)24-25-22(27)19-11-9-18(10-12-19)17-4-2-1-3-5-17/h1-15H,(H,24,26)(H,25,27)/b15-8+. The molecule has 0 fully saturated rings. The molecule has 4 nitrogen and oxygen atoms in total. The van der Waals surface area contributed by atoms with Crippen LogP contribution in [0, 0.1) is 0 Å². The Morgan fingerprint density at radius 2 is 1.37 bits per heavy atom. The molecule has 3 aromatic rings. The average Bonchev–Trinajstić information content (AvgIpc) is 2.72. The van der Waals surface area contributed by atoms with Crippen LogP contribution in [0.1, 0.15) is 15.9 Å². The Bertz CT molecular complexity index is 950. The van der Waals surface area contributed by atoms with Crippen LogP contribution < -0.4 is 10.9 Å². The largest absolute Gasteiger partial charge is 0.269 e. The number of rotatable bonds is 4. The number of hydrazine groups is 1. The van der Waals surface area contributed by atoms with E-state index in [1.165, 1.54) is 6.08 Å². The van der Waals surface area contributed by atoms with Crippen molar-refractivity contribution >= 4 is 29.5 Å². The molecule has 0 atom stereocenters. The molecule has 0 saturated heterocycles. The Hall–Kier alpha value is -3.37. The predicted molar refractivity (Wildman–Crippen MR) is 108 cm³/mol. The summed E-state index contributed by atoms with van der Waals surface area (Å²) >= 11 is 5.81. The predicted octanol–water partition coefficient (Wildman–Crippen LogP) is 4.48. The van der Waals surface area contributed by atoms with E-state index in [1.807, 2.05) is 42.5 Å². The highest BCUT2D eigenvalue weighted by atomic mass is 35.5. The first-order chi connectivity index (χ1) is 13.1. The van der Waals surface area contributed by atoms with Crippen molar-refractivity contribution in [3.8, 4) is 11.1 Å². The van der Waals surface area contributed by atoms with Gasteiger partial charge in [-0.1, -0.05) is 66.2 Å². The van der Waals surface area contributed by atoms with Crippen molar-refractivity contribution in [3.05, 3.63) is 101 Å². The Morgan fingerprint density at radius 3 is 2.04 bits per heavy atom. The van der Waals surface area contributed by atoms with E-state index in [1.54, 1.807) is 42.5 Å². The summed E-state index contributed by atoms with van der Waals surface area (Å²) in [4.78, 5) is 24.0. The molecule has 0 aliphatic rings. The van der Waals surface area contributed by atoms with Crippen molar-refractivity contribution in [1.29, 1.82) is 0 Å². The molecule has 0 unspecified atom stereocenters. The molecule has 2 N–H and O–H groups in total. The van der Waals surface area contributed by atoms with Crippen LogP contribution in [0.3, 0.4) is 0 Å². The number of hydrogen-bond donors (Lipinski definition) is 2. The number of hydrogen-bond acceptors (Lipinski definition) is 2. The van der Waals surface area contributed by atoms with Gasteiger partial charge in [0.1, 0.15) is 0 Å². The summed E-state index contributed by atoms with van der Waals surface area (Å²) in [5.74, 6) is -0.818. The van der Waals surface area contributed by atoms with Crippen LogP contribution in [0.2, 0.25) is 5.02 Å². The molecule has 0 aromatic heterocycles. The highest BCUT2D eigenvalue weighted by molar-refractivity contribution is 6.30. The molecule has 3 rings (SSSR count). The molecule has 0 saturated carbocycles. The van der Waals surface area contributed by atoms with Crippen LogP contribution in [0.15, 0.2) is 84.9 Å². The third kappa shape index (κ3) is 5.30. The van der Waals surface area contributed by atoms with Gasteiger partial charge >= 0.3 is 0 Å². The van der Waals surface area contributed by atoms with Gasteiger partial charge in [0.25, 0.3) is 11.8 Å². The Labute approximate surface area is 162 Å². The topological polar surface area (TPSA) is 58.2 Å². The second-order valence-corrected chi connectivity index (χ2v) is 6.21. The van der Waals surface area contributed by atoms with Crippen molar-refractivity contribution in [2.75, 3.05) is 0 Å². The van der Waals surface area contributed by atoms with E-state index >= 15 is 0 Å². The molecule has 3 aromatic carbocycles. The van der Waals surface area contributed by atoms with Gasteiger partial charge < -0.3 is 0 Å². The van der Waals surface area contributed by atoms with Gasteiger partial charge in [0, 0.05) is 16.7 Å². The Morgan fingerprint density at radius 1 is 0.741 bits per heavy atom. The fourth-order valence-corrected chi connectivity index (χ4v) is 2.55. The lowest BCUT2D eigenvalue weighted by molar-refractivity contribution is -0.117. The normalized spacial score (nSPS) is 10.6. The first kappa shape index (κ1) is 18.4. The highest BCUT2D eigenvalue weighted by Crippen LogP contribution is 2.19. The molecule has 0 bridgehead atoms. The van der Waals surface area contributed by atoms with Crippen LogP contribution in [-0.2, 0) is 4.79 Å². The smallest absolute Gasteiger partial charge is 0.268 e. The fraction of sp³-hybridized carbons (Fsp3) is 0. The Kier molecular flexibility index (Phi) is 6.02. The highest BCUT2D eigenvalue weighted by Gasteiger charge is 2.06. The number of carbonyl (C=O) groups excluding carboxylic acids is 2. The maximum absolute atomic E-state index is 12.1. The van der Waals surface area contributed by atoms with Crippen molar-refractivity contribution in [2.24, 2.45) is 0 Å². The summed E-state index contributed by atoms with van der Waals surface area (Å²) < 4.78 is 0. The molecule has 5 heteroatoms. The van der Waals surface area contributed by atoms with E-state index in [4.69, 9.17) is 11.6 Å². The van der Waals surface area contributed by atoms with Gasteiger partial charge in [0.05, 0.1) is 0 Å². The lowest BCUT2D eigenvalue weighted by Gasteiger charge is -2.06. The summed E-state index contributed by atoms with van der Waals surface area (Å²) in [6, 6.07) is 24.1. The maximum atomic E-state index is 12.1. The number of carbonyl (C=O) groups is 2. The number of nitrogens with one attached hydrogen (secondary N) is 2. The average molecular weight is 377 g/mol. The van der Waals surface area contributed by atoms with Gasteiger partial charge in [-0.05, 0) is 47.0 Å². The zero-order valence-electron chi connectivity index (χ0n) is 14.4. The number of benzene rings is 3. The molecule has 27 heavy (non-hydrogen) atoms. The molecule has 0 heterocycles. The molecular formula is C22H17ClN2O2. The SMILES string of the molecule is O=C(/C=C/c1ccc(Cl)cc1)NNC(=O)c1ccc(-c2ccccc2)cc1. The molecule has 0 aliphatic heterocycles. The monoisotopic (exact) mass is 376 g/mol. The van der Waals surface area contributed by atoms with Crippen molar-refractivity contribution in [2.45, 2.75) is 0 Å². The molecule has 134 valence electrons. The van der Waals surface area contributed by atoms with E-state index in [0.717, 1.165) is 16.7 Å². The van der Waals surface area contributed by atoms with E-state index in [0.29, 0.717) is 10.6 Å². The minimum Gasteiger partial charge on any atom is -0.268 e. The molecule has 0 radical (unpaired) electrons. The van der Waals surface area contributed by atoms with E-state index in [9.17, 15) is 9.59 Å². The number of halogens is 1. The summed E-state index contributed by atoms with van der Waals surface area (Å²) in [5, 5.41) is 0.627. The third-order valence-electron chi connectivity index (χ3n) is 3.85.